The highest BCUT2D eigenvalue weighted by molar-refractivity contribution is 7.52. The number of nitrogen functional groups attached to an aromatic ring is 1. The second-order valence-corrected chi connectivity index (χ2v) is 11.7. The number of alkyl halides is 2. The van der Waals surface area contributed by atoms with Crippen molar-refractivity contribution in [2.24, 2.45) is 11.3 Å². The Morgan fingerprint density at radius 2 is 1.95 bits per heavy atom. The summed E-state index contributed by atoms with van der Waals surface area (Å²) in [5, 5.41) is 12.7. The van der Waals surface area contributed by atoms with Gasteiger partial charge in [-0.15, -0.1) is 0 Å². The van der Waals surface area contributed by atoms with Gasteiger partial charge < -0.3 is 24.8 Å². The Morgan fingerprint density at radius 1 is 1.28 bits per heavy atom. The Labute approximate surface area is 223 Å². The molecule has 0 bridgehead atoms. The van der Waals surface area contributed by atoms with Crippen LogP contribution in [0.5, 0.6) is 5.75 Å². The van der Waals surface area contributed by atoms with Crippen molar-refractivity contribution in [2.45, 2.75) is 57.6 Å². The van der Waals surface area contributed by atoms with Crippen LogP contribution in [0.1, 0.15) is 33.9 Å². The minimum absolute atomic E-state index is 0.133. The number of aliphatic hydroxyl groups excluding tert-OH is 1. The largest absolute Gasteiger partial charge is 0.462 e. The summed E-state index contributed by atoms with van der Waals surface area (Å²) in [7, 11) is -4.36. The highest BCUT2D eigenvalue weighted by Crippen LogP contribution is 2.79. The Balaban J connectivity index is 1.57. The molecule has 0 amide bonds. The number of esters is 1. The molecule has 15 heteroatoms. The van der Waals surface area contributed by atoms with Crippen LogP contribution in [0.4, 0.5) is 14.6 Å². The lowest BCUT2D eigenvalue weighted by atomic mass is 9.94. The van der Waals surface area contributed by atoms with E-state index in [4.69, 9.17) is 24.3 Å². The maximum absolute atomic E-state index is 15.8. The second kappa shape index (κ2) is 10.3. The first kappa shape index (κ1) is 29.1. The van der Waals surface area contributed by atoms with Crippen LogP contribution in [0.2, 0.25) is 0 Å². The molecule has 4 rings (SSSR count). The van der Waals surface area contributed by atoms with E-state index >= 15 is 8.78 Å². The van der Waals surface area contributed by atoms with Crippen molar-refractivity contribution in [1.82, 2.24) is 14.6 Å². The number of hydrogen-bond donors (Lipinski definition) is 3. The Hall–Kier alpha value is -2.90. The van der Waals surface area contributed by atoms with Crippen molar-refractivity contribution in [3.8, 4) is 5.75 Å². The molecule has 2 aromatic rings. The average molecular weight is 573 g/mol. The Bertz CT molecular complexity index is 1330. The summed E-state index contributed by atoms with van der Waals surface area (Å²) in [4.78, 5) is 28.0. The monoisotopic (exact) mass is 572 g/mol. The maximum atomic E-state index is 15.8. The molecule has 2 fully saturated rings. The SMILES string of the molecule is CC(C)OC(=O)[C@H](C)NP(=O)(OC[C@H]1C2(C)O[C@@H](n3ccc(N)nc3=O)C(F)(F)C12CO)Oc1ccccc1. The van der Waals surface area contributed by atoms with Crippen molar-refractivity contribution >= 4 is 19.5 Å². The van der Waals surface area contributed by atoms with E-state index < -0.39 is 73.8 Å². The van der Waals surface area contributed by atoms with Crippen molar-refractivity contribution in [2.75, 3.05) is 18.9 Å². The van der Waals surface area contributed by atoms with Crippen LogP contribution in [-0.4, -0.2) is 57.5 Å². The van der Waals surface area contributed by atoms with E-state index in [1.165, 1.54) is 32.0 Å². The number of carbonyl (C=O) groups excluding carboxylic acids is 1. The van der Waals surface area contributed by atoms with Gasteiger partial charge in [-0.25, -0.2) is 18.1 Å². The quantitative estimate of drug-likeness (QED) is 0.268. The standard InChI is InChI=1S/C24H31F2N4O8P/c1-14(2)36-19(32)15(3)29-39(34,38-16-8-6-5-7-9-16)35-12-17-22(4)23(17,13-31)24(25,26)20(37-22)30-11-10-18(27)28-21(30)33/h5-11,14-15,17,20,31H,12-13H2,1-4H3,(H,29,34)(H2,27,28,33)/t15-,17-,20+,22?,23?,39?/m0/s1. The first-order valence-corrected chi connectivity index (χ1v) is 13.7. The van der Waals surface area contributed by atoms with Crippen LogP contribution in [0.3, 0.4) is 0 Å². The van der Waals surface area contributed by atoms with E-state index in [1.807, 2.05) is 0 Å². The zero-order valence-corrected chi connectivity index (χ0v) is 22.6. The number of para-hydroxylation sites is 1. The Kier molecular flexibility index (Phi) is 7.65. The van der Waals surface area contributed by atoms with Gasteiger partial charge in [-0.3, -0.25) is 13.9 Å². The highest BCUT2D eigenvalue weighted by atomic mass is 31.2. The van der Waals surface area contributed by atoms with E-state index in [9.17, 15) is 19.3 Å². The zero-order chi connectivity index (χ0) is 28.8. The van der Waals surface area contributed by atoms with Gasteiger partial charge in [0.1, 0.15) is 17.6 Å². The molecule has 2 heterocycles. The molecular formula is C24H31F2N4O8P. The van der Waals surface area contributed by atoms with Crippen molar-refractivity contribution in [3.05, 3.63) is 53.1 Å². The number of aliphatic hydroxyl groups is 1. The van der Waals surface area contributed by atoms with Crippen LogP contribution in [0.25, 0.3) is 0 Å². The van der Waals surface area contributed by atoms with Crippen molar-refractivity contribution in [1.29, 1.82) is 0 Å². The molecule has 1 aliphatic carbocycles. The molecule has 4 N–H and O–H groups in total. The molecule has 6 atom stereocenters. The van der Waals surface area contributed by atoms with Crippen LogP contribution in [0.15, 0.2) is 47.4 Å². The Morgan fingerprint density at radius 3 is 2.51 bits per heavy atom. The predicted octanol–water partition coefficient (Wildman–Crippen LogP) is 2.49. The number of aromatic nitrogens is 2. The third-order valence-electron chi connectivity index (χ3n) is 7.11. The molecule has 0 spiro atoms. The van der Waals surface area contributed by atoms with E-state index in [-0.39, 0.29) is 11.6 Å². The molecule has 1 saturated heterocycles. The highest BCUT2D eigenvalue weighted by Gasteiger charge is 2.92. The number of fused-ring (bicyclic) bond motifs is 1. The van der Waals surface area contributed by atoms with Gasteiger partial charge >= 0.3 is 25.3 Å². The number of nitrogens with two attached hydrogens (primary N) is 1. The average Bonchev–Trinajstić information content (AvgIpc) is 3.33. The van der Waals surface area contributed by atoms with Gasteiger partial charge in [-0.2, -0.15) is 10.1 Å². The summed E-state index contributed by atoms with van der Waals surface area (Å²) in [6, 6.07) is 7.96. The van der Waals surface area contributed by atoms with E-state index in [1.54, 1.807) is 32.0 Å². The van der Waals surface area contributed by atoms with Crippen molar-refractivity contribution < 1.29 is 41.8 Å². The van der Waals surface area contributed by atoms with Gasteiger partial charge in [0.25, 0.3) is 0 Å². The summed E-state index contributed by atoms with van der Waals surface area (Å²) in [5.74, 6) is -5.67. The number of nitrogens with zero attached hydrogens (tertiary/aromatic N) is 2. The third kappa shape index (κ3) is 4.95. The number of hydrogen-bond acceptors (Lipinski definition) is 10. The fourth-order valence-electron chi connectivity index (χ4n) is 5.05. The van der Waals surface area contributed by atoms with Crippen LogP contribution in [-0.2, 0) is 23.4 Å². The minimum Gasteiger partial charge on any atom is -0.462 e. The third-order valence-corrected chi connectivity index (χ3v) is 8.76. The van der Waals surface area contributed by atoms with E-state index in [2.05, 4.69) is 10.1 Å². The molecule has 39 heavy (non-hydrogen) atoms. The van der Waals surface area contributed by atoms with Gasteiger partial charge in [-0.05, 0) is 45.9 Å². The molecule has 12 nitrogen and oxygen atoms in total. The first-order valence-electron chi connectivity index (χ1n) is 12.2. The summed E-state index contributed by atoms with van der Waals surface area (Å²) in [6.45, 7) is 4.40. The second-order valence-electron chi connectivity index (χ2n) is 9.96. The number of rotatable bonds is 11. The van der Waals surface area contributed by atoms with Gasteiger partial charge in [0.15, 0.2) is 0 Å². The van der Waals surface area contributed by atoms with Gasteiger partial charge in [0.05, 0.1) is 30.3 Å². The van der Waals surface area contributed by atoms with E-state index in [0.29, 0.717) is 4.57 Å². The topological polar surface area (TPSA) is 164 Å². The van der Waals surface area contributed by atoms with Crippen molar-refractivity contribution in [3.63, 3.8) is 0 Å². The molecule has 1 aliphatic heterocycles. The summed E-state index contributed by atoms with van der Waals surface area (Å²) < 4.78 is 67.9. The lowest BCUT2D eigenvalue weighted by Crippen LogP contribution is -2.44. The van der Waals surface area contributed by atoms with E-state index in [0.717, 1.165) is 6.20 Å². The van der Waals surface area contributed by atoms with Crippen LogP contribution >= 0.6 is 7.75 Å². The minimum atomic E-state index is -4.36. The number of ether oxygens (including phenoxy) is 2. The van der Waals surface area contributed by atoms with Gasteiger partial charge in [0.2, 0.25) is 6.23 Å². The summed E-state index contributed by atoms with van der Waals surface area (Å²) in [6.07, 6.45) is -1.47. The smallest absolute Gasteiger partial charge is 0.459 e. The normalized spacial score (nSPS) is 29.3. The maximum Gasteiger partial charge on any atom is 0.459 e. The number of benzene rings is 1. The summed E-state index contributed by atoms with van der Waals surface area (Å²) in [5.41, 5.74) is 0.570. The van der Waals surface area contributed by atoms with Gasteiger partial charge in [-0.1, -0.05) is 18.2 Å². The zero-order valence-electron chi connectivity index (χ0n) is 21.7. The van der Waals surface area contributed by atoms with Crippen LogP contribution < -0.4 is 21.0 Å². The fourth-order valence-corrected chi connectivity index (χ4v) is 6.56. The number of nitrogens with one attached hydrogen (secondary N) is 1. The fraction of sp³-hybridized carbons (Fsp3) is 0.542. The molecule has 214 valence electrons. The molecule has 1 aromatic heterocycles. The van der Waals surface area contributed by atoms with Crippen LogP contribution in [0, 0.1) is 11.3 Å². The molecule has 3 unspecified atom stereocenters. The molecule has 0 radical (unpaired) electrons. The summed E-state index contributed by atoms with van der Waals surface area (Å²) >= 11 is 0. The number of carbonyl (C=O) groups is 1. The predicted molar refractivity (Wildman–Crippen MR) is 134 cm³/mol. The lowest BCUT2D eigenvalue weighted by Gasteiger charge is -2.30. The first-order chi connectivity index (χ1) is 18.2. The van der Waals surface area contributed by atoms with Gasteiger partial charge in [0, 0.05) is 12.1 Å². The molecule has 1 saturated carbocycles. The molecular weight excluding hydrogens is 541 g/mol. The molecule has 1 aromatic carbocycles. The molecule has 2 aliphatic rings. The lowest BCUT2D eigenvalue weighted by molar-refractivity contribution is -0.182. The number of halogens is 2. The number of anilines is 1.